The van der Waals surface area contributed by atoms with E-state index in [4.69, 9.17) is 0 Å². The number of nitrogens with zero attached hydrogens (tertiary/aromatic N) is 3. The van der Waals surface area contributed by atoms with E-state index in [9.17, 15) is 4.79 Å². The predicted molar refractivity (Wildman–Crippen MR) is 123 cm³/mol. The molecule has 5 nitrogen and oxygen atoms in total. The minimum Gasteiger partial charge on any atom is -0.361 e. The van der Waals surface area contributed by atoms with Crippen molar-refractivity contribution in [2.24, 2.45) is 18.0 Å². The van der Waals surface area contributed by atoms with E-state index < -0.39 is 0 Å². The first-order valence-corrected chi connectivity index (χ1v) is 9.97. The van der Waals surface area contributed by atoms with Gasteiger partial charge in [0, 0.05) is 47.7 Å². The molecule has 1 aromatic heterocycles. The Morgan fingerprint density at radius 1 is 1.28 bits per heavy atom. The van der Waals surface area contributed by atoms with Gasteiger partial charge in [-0.1, -0.05) is 32.1 Å². The minimum atomic E-state index is 0.00527. The monoisotopic (exact) mass is 388 g/mol. The minimum absolute atomic E-state index is 0.00527. The van der Waals surface area contributed by atoms with Crippen LogP contribution in [0.2, 0.25) is 0 Å². The smallest absolute Gasteiger partial charge is 0.195 e. The second-order valence-electron chi connectivity index (χ2n) is 7.54. The zero-order valence-corrected chi connectivity index (χ0v) is 17.5. The lowest BCUT2D eigenvalue weighted by Crippen LogP contribution is -2.39. The molecule has 1 aromatic carbocycles. The Balaban J connectivity index is 1.96. The summed E-state index contributed by atoms with van der Waals surface area (Å²) in [6.45, 7) is 7.03. The number of aliphatic imine (C=N–C) groups is 1. The van der Waals surface area contributed by atoms with Crippen LogP contribution in [0.25, 0.3) is 24.3 Å². The van der Waals surface area contributed by atoms with E-state index in [1.807, 2.05) is 68.9 Å². The molecule has 150 valence electrons. The third-order valence-corrected chi connectivity index (χ3v) is 4.77. The molecule has 2 aromatic rings. The van der Waals surface area contributed by atoms with E-state index in [-0.39, 0.29) is 5.43 Å². The molecule has 29 heavy (non-hydrogen) atoms. The second-order valence-corrected chi connectivity index (χ2v) is 7.54. The van der Waals surface area contributed by atoms with Crippen LogP contribution in [-0.4, -0.2) is 22.0 Å². The van der Waals surface area contributed by atoms with Gasteiger partial charge in [0.05, 0.1) is 11.9 Å². The van der Waals surface area contributed by atoms with E-state index >= 15 is 0 Å². The van der Waals surface area contributed by atoms with Crippen molar-refractivity contribution in [3.05, 3.63) is 68.6 Å². The SMILES string of the molecule is C/C=c1\c(N/C=C/c2cnn(C)c2)ccc2c(c1=O)=CC(=NCCC(C)C)C=C2. The van der Waals surface area contributed by atoms with Gasteiger partial charge in [-0.3, -0.25) is 14.5 Å². The second kappa shape index (κ2) is 9.32. The fourth-order valence-electron chi connectivity index (χ4n) is 3.13. The molecule has 1 aliphatic carbocycles. The van der Waals surface area contributed by atoms with E-state index in [0.29, 0.717) is 16.4 Å². The van der Waals surface area contributed by atoms with Crippen molar-refractivity contribution in [2.45, 2.75) is 27.2 Å². The highest BCUT2D eigenvalue weighted by atomic mass is 16.1. The normalized spacial score (nSPS) is 15.2. The Hall–Kier alpha value is -3.21. The summed E-state index contributed by atoms with van der Waals surface area (Å²) < 4.78 is 1.75. The number of fused-ring (bicyclic) bond motifs is 1. The van der Waals surface area contributed by atoms with Crippen molar-refractivity contribution < 1.29 is 0 Å². The molecule has 0 atom stereocenters. The first kappa shape index (κ1) is 20.5. The van der Waals surface area contributed by atoms with E-state index in [2.05, 4.69) is 29.3 Å². The molecule has 1 heterocycles. The maximum atomic E-state index is 13.2. The predicted octanol–water partition coefficient (Wildman–Crippen LogP) is 2.96. The lowest BCUT2D eigenvalue weighted by Gasteiger charge is -2.03. The van der Waals surface area contributed by atoms with Crippen LogP contribution in [0.3, 0.4) is 0 Å². The van der Waals surface area contributed by atoms with E-state index in [1.165, 1.54) is 0 Å². The third kappa shape index (κ3) is 5.19. The highest BCUT2D eigenvalue weighted by Crippen LogP contribution is 2.06. The van der Waals surface area contributed by atoms with Gasteiger partial charge in [0.25, 0.3) is 0 Å². The molecule has 0 saturated heterocycles. The highest BCUT2D eigenvalue weighted by Gasteiger charge is 2.06. The largest absolute Gasteiger partial charge is 0.361 e. The Labute approximate surface area is 171 Å². The topological polar surface area (TPSA) is 59.3 Å². The number of aromatic nitrogens is 2. The maximum absolute atomic E-state index is 13.2. The highest BCUT2D eigenvalue weighted by molar-refractivity contribution is 6.20. The molecule has 3 rings (SSSR count). The van der Waals surface area contributed by atoms with Crippen molar-refractivity contribution in [2.75, 3.05) is 11.9 Å². The molecule has 0 aliphatic heterocycles. The molecule has 5 heteroatoms. The number of nitrogens with one attached hydrogen (secondary N) is 1. The van der Waals surface area contributed by atoms with E-state index in [0.717, 1.165) is 35.5 Å². The number of rotatable bonds is 6. The van der Waals surface area contributed by atoms with Crippen LogP contribution >= 0.6 is 0 Å². The molecule has 0 fully saturated rings. The fourth-order valence-corrected chi connectivity index (χ4v) is 3.13. The maximum Gasteiger partial charge on any atom is 0.195 e. The van der Waals surface area contributed by atoms with Crippen molar-refractivity contribution in [3.63, 3.8) is 0 Å². The molecule has 0 spiro atoms. The van der Waals surface area contributed by atoms with Gasteiger partial charge in [0.2, 0.25) is 0 Å². The van der Waals surface area contributed by atoms with Crippen LogP contribution < -0.4 is 21.2 Å². The molecular weight excluding hydrogens is 360 g/mol. The molecule has 1 N–H and O–H groups in total. The van der Waals surface area contributed by atoms with Crippen LogP contribution in [0.15, 0.2) is 46.6 Å². The third-order valence-electron chi connectivity index (χ3n) is 4.77. The number of hydrogen-bond donors (Lipinski definition) is 1. The number of anilines is 1. The van der Waals surface area contributed by atoms with Gasteiger partial charge in [0.1, 0.15) is 0 Å². The Morgan fingerprint density at radius 2 is 2.10 bits per heavy atom. The first-order chi connectivity index (χ1) is 14.0. The first-order valence-electron chi connectivity index (χ1n) is 9.97. The zero-order valence-electron chi connectivity index (χ0n) is 17.5. The van der Waals surface area contributed by atoms with Gasteiger partial charge in [0.15, 0.2) is 5.43 Å². The van der Waals surface area contributed by atoms with Crippen LogP contribution in [0.1, 0.15) is 38.3 Å². The summed E-state index contributed by atoms with van der Waals surface area (Å²) in [5.74, 6) is 0.613. The van der Waals surface area contributed by atoms with Crippen LogP contribution in [0, 0.1) is 5.92 Å². The lowest BCUT2D eigenvalue weighted by atomic mass is 10.1. The Morgan fingerprint density at radius 3 is 2.79 bits per heavy atom. The summed E-state index contributed by atoms with van der Waals surface area (Å²) in [6, 6.07) is 3.92. The van der Waals surface area contributed by atoms with Gasteiger partial charge >= 0.3 is 0 Å². The molecule has 0 radical (unpaired) electrons. The standard InChI is InChI=1S/C24H28N4O/c1-5-21-23(26-13-11-18-15-27-28(4)16-18)9-7-19-6-8-20(14-22(19)24(21)29)25-12-10-17(2)3/h5-9,11,13-17,26H,10,12H2,1-4H3/b13-11+,21-5+,25-20?. The zero-order chi connectivity index (χ0) is 20.8. The summed E-state index contributed by atoms with van der Waals surface area (Å²) in [7, 11) is 1.88. The van der Waals surface area contributed by atoms with Crippen LogP contribution in [-0.2, 0) is 7.05 Å². The molecule has 1 aliphatic rings. The van der Waals surface area contributed by atoms with E-state index in [1.54, 1.807) is 10.9 Å². The van der Waals surface area contributed by atoms with Crippen molar-refractivity contribution >= 4 is 35.7 Å². The van der Waals surface area contributed by atoms with Crippen molar-refractivity contribution in [3.8, 4) is 0 Å². The van der Waals surface area contributed by atoms with Crippen molar-refractivity contribution in [1.29, 1.82) is 0 Å². The van der Waals surface area contributed by atoms with Gasteiger partial charge in [-0.25, -0.2) is 0 Å². The van der Waals surface area contributed by atoms with Crippen LogP contribution in [0.4, 0.5) is 5.69 Å². The summed E-state index contributed by atoms with van der Waals surface area (Å²) in [5, 5.41) is 8.73. The summed E-state index contributed by atoms with van der Waals surface area (Å²) >= 11 is 0. The molecule has 0 amide bonds. The molecular formula is C24H28N4O. The summed E-state index contributed by atoms with van der Waals surface area (Å²) in [5.41, 5.74) is 3.53. The summed E-state index contributed by atoms with van der Waals surface area (Å²) in [4.78, 5) is 17.8. The van der Waals surface area contributed by atoms with Crippen molar-refractivity contribution in [1.82, 2.24) is 9.78 Å². The van der Waals surface area contributed by atoms with Gasteiger partial charge in [-0.2, -0.15) is 5.10 Å². The molecule has 0 bridgehead atoms. The Bertz CT molecular complexity index is 1150. The molecule has 0 saturated carbocycles. The quantitative estimate of drug-likeness (QED) is 0.828. The molecule has 0 unspecified atom stereocenters. The summed E-state index contributed by atoms with van der Waals surface area (Å²) in [6.07, 6.45) is 16.2. The number of aryl methyl sites for hydroxylation is 1. The van der Waals surface area contributed by atoms with Gasteiger partial charge in [-0.05, 0) is 49.1 Å². The fraction of sp³-hybridized carbons (Fsp3) is 0.292. The Kier molecular flexibility index (Phi) is 6.60. The number of allylic oxidation sites excluding steroid dienone is 1. The average molecular weight is 389 g/mol. The van der Waals surface area contributed by atoms with Gasteiger partial charge < -0.3 is 5.32 Å². The van der Waals surface area contributed by atoms with Crippen LogP contribution in [0.5, 0.6) is 0 Å². The van der Waals surface area contributed by atoms with Gasteiger partial charge in [-0.15, -0.1) is 0 Å². The lowest BCUT2D eigenvalue weighted by molar-refractivity contribution is 0.597. The average Bonchev–Trinajstić information content (AvgIpc) is 3.05. The number of hydrogen-bond acceptors (Lipinski definition) is 4.